The van der Waals surface area contributed by atoms with Crippen molar-refractivity contribution in [3.05, 3.63) is 64.7 Å². The van der Waals surface area contributed by atoms with Gasteiger partial charge in [0.15, 0.2) is 5.78 Å². The summed E-state index contributed by atoms with van der Waals surface area (Å²) < 4.78 is 13.8. The Balaban J connectivity index is 2.52. The van der Waals surface area contributed by atoms with Crippen LogP contribution < -0.4 is 0 Å². The first kappa shape index (κ1) is 11.5. The zero-order chi connectivity index (χ0) is 12.4. The summed E-state index contributed by atoms with van der Waals surface area (Å²) in [4.78, 5) is 16.1. The smallest absolute Gasteiger partial charge is 0.197 e. The van der Waals surface area contributed by atoms with Gasteiger partial charge in [0, 0.05) is 18.0 Å². The number of rotatable bonds is 2. The van der Waals surface area contributed by atoms with Crippen molar-refractivity contribution in [2.75, 3.05) is 0 Å². The summed E-state index contributed by atoms with van der Waals surface area (Å²) in [6.45, 7) is 3.45. The Hall–Kier alpha value is -2.03. The van der Waals surface area contributed by atoms with Gasteiger partial charge in [-0.3, -0.25) is 9.78 Å². The minimum atomic E-state index is -0.458. The molecule has 0 bridgehead atoms. The number of halogens is 1. The number of aryl methyl sites for hydroxylation is 2. The lowest BCUT2D eigenvalue weighted by atomic mass is 9.99. The van der Waals surface area contributed by atoms with Crippen molar-refractivity contribution >= 4 is 5.78 Å². The van der Waals surface area contributed by atoms with Crippen molar-refractivity contribution in [3.63, 3.8) is 0 Å². The molecule has 0 saturated heterocycles. The van der Waals surface area contributed by atoms with Crippen LogP contribution in [0.25, 0.3) is 0 Å². The summed E-state index contributed by atoms with van der Waals surface area (Å²) in [5.41, 5.74) is 1.81. The third kappa shape index (κ3) is 2.09. The van der Waals surface area contributed by atoms with E-state index in [-0.39, 0.29) is 11.3 Å². The van der Waals surface area contributed by atoms with Crippen LogP contribution in [0.1, 0.15) is 27.0 Å². The molecule has 2 rings (SSSR count). The minimum absolute atomic E-state index is 0.0982. The topological polar surface area (TPSA) is 30.0 Å². The molecule has 0 N–H and O–H groups in total. The zero-order valence-corrected chi connectivity index (χ0v) is 9.70. The van der Waals surface area contributed by atoms with Crippen molar-refractivity contribution in [1.82, 2.24) is 4.98 Å². The van der Waals surface area contributed by atoms with Crippen molar-refractivity contribution in [2.24, 2.45) is 0 Å². The summed E-state index contributed by atoms with van der Waals surface area (Å²) in [5.74, 6) is -0.780. The SMILES string of the molecule is Cc1ccncc1C(=O)c1cccc(C)c1F. The van der Waals surface area contributed by atoms with E-state index >= 15 is 0 Å². The molecule has 0 amide bonds. The molecule has 1 heterocycles. The lowest BCUT2D eigenvalue weighted by Crippen LogP contribution is -2.07. The molecule has 3 heteroatoms. The second kappa shape index (κ2) is 4.45. The molecule has 0 aliphatic heterocycles. The van der Waals surface area contributed by atoms with E-state index < -0.39 is 5.82 Å². The average molecular weight is 229 g/mol. The molecule has 0 atom stereocenters. The second-order valence-electron chi connectivity index (χ2n) is 3.96. The van der Waals surface area contributed by atoms with Crippen LogP contribution in [-0.2, 0) is 0 Å². The molecule has 0 fully saturated rings. The van der Waals surface area contributed by atoms with Crippen LogP contribution in [0.2, 0.25) is 0 Å². The van der Waals surface area contributed by atoms with Crippen LogP contribution in [-0.4, -0.2) is 10.8 Å². The Kier molecular flexibility index (Phi) is 3.00. The summed E-state index contributed by atoms with van der Waals surface area (Å²) in [7, 11) is 0. The van der Waals surface area contributed by atoms with E-state index in [0.29, 0.717) is 11.1 Å². The Morgan fingerprint density at radius 3 is 2.59 bits per heavy atom. The molecule has 86 valence electrons. The Morgan fingerprint density at radius 2 is 1.88 bits per heavy atom. The first-order valence-electron chi connectivity index (χ1n) is 5.31. The minimum Gasteiger partial charge on any atom is -0.288 e. The monoisotopic (exact) mass is 229 g/mol. The van der Waals surface area contributed by atoms with Crippen molar-refractivity contribution < 1.29 is 9.18 Å². The largest absolute Gasteiger partial charge is 0.288 e. The highest BCUT2D eigenvalue weighted by atomic mass is 19.1. The van der Waals surface area contributed by atoms with Crippen LogP contribution in [0.15, 0.2) is 36.7 Å². The third-order valence-corrected chi connectivity index (χ3v) is 2.72. The summed E-state index contributed by atoms with van der Waals surface area (Å²) >= 11 is 0. The highest BCUT2D eigenvalue weighted by Gasteiger charge is 2.16. The van der Waals surface area contributed by atoms with Crippen LogP contribution in [0.3, 0.4) is 0 Å². The number of carbonyl (C=O) groups excluding carboxylic acids is 1. The standard InChI is InChI=1S/C14H12FNO/c1-9-6-7-16-8-12(9)14(17)11-5-3-4-10(2)13(11)15/h3-8H,1-2H3. The molecule has 0 saturated carbocycles. The van der Waals surface area contributed by atoms with Crippen LogP contribution in [0.5, 0.6) is 0 Å². The molecule has 1 aromatic heterocycles. The normalized spacial score (nSPS) is 10.3. The Bertz CT molecular complexity index is 578. The van der Waals surface area contributed by atoms with E-state index in [1.54, 1.807) is 31.3 Å². The van der Waals surface area contributed by atoms with E-state index in [2.05, 4.69) is 4.98 Å². The molecule has 1 aromatic carbocycles. The molecule has 0 spiro atoms. The predicted molar refractivity (Wildman–Crippen MR) is 63.5 cm³/mol. The third-order valence-electron chi connectivity index (χ3n) is 2.72. The molecule has 2 nitrogen and oxygen atoms in total. The molecule has 0 aliphatic carbocycles. The second-order valence-corrected chi connectivity index (χ2v) is 3.96. The maximum Gasteiger partial charge on any atom is 0.197 e. The van der Waals surface area contributed by atoms with Crippen LogP contribution in [0.4, 0.5) is 4.39 Å². The molecule has 2 aromatic rings. The Morgan fingerprint density at radius 1 is 1.12 bits per heavy atom. The van der Waals surface area contributed by atoms with Crippen LogP contribution in [0, 0.1) is 19.7 Å². The number of hydrogen-bond acceptors (Lipinski definition) is 2. The van der Waals surface area contributed by atoms with E-state index in [1.807, 2.05) is 6.92 Å². The summed E-state index contributed by atoms with van der Waals surface area (Å²) in [6.07, 6.45) is 3.08. The fourth-order valence-corrected chi connectivity index (χ4v) is 1.67. The van der Waals surface area contributed by atoms with Gasteiger partial charge in [-0.1, -0.05) is 12.1 Å². The van der Waals surface area contributed by atoms with Gasteiger partial charge in [0.1, 0.15) is 5.82 Å². The first-order valence-corrected chi connectivity index (χ1v) is 5.31. The van der Waals surface area contributed by atoms with Gasteiger partial charge in [-0.05, 0) is 37.1 Å². The van der Waals surface area contributed by atoms with Crippen molar-refractivity contribution in [1.29, 1.82) is 0 Å². The van der Waals surface area contributed by atoms with Gasteiger partial charge < -0.3 is 0 Å². The van der Waals surface area contributed by atoms with Gasteiger partial charge in [-0.25, -0.2) is 4.39 Å². The quantitative estimate of drug-likeness (QED) is 0.741. The molecular formula is C14H12FNO. The predicted octanol–water partition coefficient (Wildman–Crippen LogP) is 3.07. The lowest BCUT2D eigenvalue weighted by molar-refractivity contribution is 0.103. The zero-order valence-electron chi connectivity index (χ0n) is 9.70. The van der Waals surface area contributed by atoms with E-state index in [9.17, 15) is 9.18 Å². The first-order chi connectivity index (χ1) is 8.11. The van der Waals surface area contributed by atoms with Gasteiger partial charge in [0.25, 0.3) is 0 Å². The van der Waals surface area contributed by atoms with Gasteiger partial charge in [-0.2, -0.15) is 0 Å². The van der Waals surface area contributed by atoms with Gasteiger partial charge >= 0.3 is 0 Å². The summed E-state index contributed by atoms with van der Waals surface area (Å²) in [6, 6.07) is 6.55. The van der Waals surface area contributed by atoms with E-state index in [0.717, 1.165) is 5.56 Å². The molecule has 0 radical (unpaired) electrons. The maximum absolute atomic E-state index is 13.8. The van der Waals surface area contributed by atoms with Crippen molar-refractivity contribution in [2.45, 2.75) is 13.8 Å². The molecule has 17 heavy (non-hydrogen) atoms. The highest BCUT2D eigenvalue weighted by Crippen LogP contribution is 2.17. The van der Waals surface area contributed by atoms with Crippen molar-refractivity contribution in [3.8, 4) is 0 Å². The summed E-state index contributed by atoms with van der Waals surface area (Å²) in [5, 5.41) is 0. The number of aromatic nitrogens is 1. The lowest BCUT2D eigenvalue weighted by Gasteiger charge is -2.06. The molecule has 0 unspecified atom stereocenters. The molecule has 0 aliphatic rings. The number of ketones is 1. The van der Waals surface area contributed by atoms with E-state index in [4.69, 9.17) is 0 Å². The highest BCUT2D eigenvalue weighted by molar-refractivity contribution is 6.09. The van der Waals surface area contributed by atoms with E-state index in [1.165, 1.54) is 12.3 Å². The van der Waals surface area contributed by atoms with Gasteiger partial charge in [-0.15, -0.1) is 0 Å². The number of pyridine rings is 1. The number of benzene rings is 1. The Labute approximate surface area is 99.1 Å². The maximum atomic E-state index is 13.8. The average Bonchev–Trinajstić information content (AvgIpc) is 2.32. The number of nitrogens with zero attached hydrogens (tertiary/aromatic N) is 1. The number of hydrogen-bond donors (Lipinski definition) is 0. The number of carbonyl (C=O) groups is 1. The fraction of sp³-hybridized carbons (Fsp3) is 0.143. The van der Waals surface area contributed by atoms with Gasteiger partial charge in [0.05, 0.1) is 5.56 Å². The van der Waals surface area contributed by atoms with Gasteiger partial charge in [0.2, 0.25) is 0 Å². The molecular weight excluding hydrogens is 217 g/mol. The fourth-order valence-electron chi connectivity index (χ4n) is 1.67. The van der Waals surface area contributed by atoms with Crippen LogP contribution >= 0.6 is 0 Å².